The van der Waals surface area contributed by atoms with E-state index in [9.17, 15) is 10.1 Å². The zero-order chi connectivity index (χ0) is 23.7. The number of furan rings is 1. The van der Waals surface area contributed by atoms with Crippen LogP contribution >= 0.6 is 0 Å². The van der Waals surface area contributed by atoms with Crippen molar-refractivity contribution in [1.29, 1.82) is 5.26 Å². The summed E-state index contributed by atoms with van der Waals surface area (Å²) < 4.78 is 7.65. The van der Waals surface area contributed by atoms with Gasteiger partial charge in [0.2, 0.25) is 0 Å². The zero-order valence-electron chi connectivity index (χ0n) is 19.5. The van der Waals surface area contributed by atoms with Gasteiger partial charge in [0, 0.05) is 61.4 Å². The van der Waals surface area contributed by atoms with Gasteiger partial charge < -0.3 is 19.6 Å². The van der Waals surface area contributed by atoms with Crippen molar-refractivity contribution in [2.24, 2.45) is 12.8 Å². The number of unbranched alkanes of at least 4 members (excludes halogenated alkanes) is 1. The van der Waals surface area contributed by atoms with Gasteiger partial charge in [-0.15, -0.1) is 0 Å². The molecule has 34 heavy (non-hydrogen) atoms. The zero-order valence-corrected chi connectivity index (χ0v) is 19.5. The van der Waals surface area contributed by atoms with Crippen molar-refractivity contribution >= 4 is 33.5 Å². The molecule has 4 aromatic rings. The van der Waals surface area contributed by atoms with E-state index >= 15 is 0 Å². The normalized spacial score (nSPS) is 14.6. The second-order valence-electron chi connectivity index (χ2n) is 9.09. The molecule has 1 aliphatic rings. The topological polar surface area (TPSA) is 91.4 Å². The van der Waals surface area contributed by atoms with Crippen molar-refractivity contribution in [3.63, 3.8) is 0 Å². The predicted molar refractivity (Wildman–Crippen MR) is 134 cm³/mol. The fraction of sp³-hybridized carbons (Fsp3) is 0.333. The molecule has 1 amide bonds. The molecule has 5 rings (SSSR count). The Morgan fingerprint density at radius 3 is 2.68 bits per heavy atom. The van der Waals surface area contributed by atoms with E-state index in [1.165, 1.54) is 16.5 Å². The molecule has 0 saturated carbocycles. The second-order valence-corrected chi connectivity index (χ2v) is 9.09. The third-order valence-electron chi connectivity index (χ3n) is 6.85. The molecule has 2 aromatic heterocycles. The number of nitriles is 1. The Bertz CT molecular complexity index is 1390. The minimum atomic E-state index is -0.543. The highest BCUT2D eigenvalue weighted by Gasteiger charge is 2.18. The van der Waals surface area contributed by atoms with Crippen molar-refractivity contribution in [1.82, 2.24) is 9.47 Å². The average Bonchev–Trinajstić information content (AvgIpc) is 3.42. The lowest BCUT2D eigenvalue weighted by Crippen LogP contribution is -2.46. The quantitative estimate of drug-likeness (QED) is 0.425. The predicted octanol–water partition coefficient (Wildman–Crippen LogP) is 4.04. The number of nitrogens with zero attached hydrogens (tertiary/aromatic N) is 4. The number of carbonyl (C=O) groups is 1. The molecule has 7 heteroatoms. The maximum atomic E-state index is 11.4. The molecule has 7 nitrogen and oxygen atoms in total. The standard InChI is InChI=1S/C27H29N5O2/c1-30-18-20(23-14-19(17-28)5-7-24(23)30)4-2-3-9-31-10-12-32(13-11-31)22-6-8-25-21(15-22)16-26(34-25)27(29)33/h5-8,14-16,18H,2-4,9-13H2,1H3,(H2,29,33). The van der Waals surface area contributed by atoms with E-state index in [2.05, 4.69) is 39.7 Å². The van der Waals surface area contributed by atoms with Gasteiger partial charge in [-0.3, -0.25) is 9.69 Å². The largest absolute Gasteiger partial charge is 0.451 e. The number of fused-ring (bicyclic) bond motifs is 2. The Kier molecular flexibility index (Phi) is 5.99. The number of rotatable bonds is 7. The molecule has 3 heterocycles. The molecule has 2 aromatic carbocycles. The summed E-state index contributed by atoms with van der Waals surface area (Å²) in [5.74, 6) is -0.343. The molecule has 0 bridgehead atoms. The minimum Gasteiger partial charge on any atom is -0.451 e. The molecular weight excluding hydrogens is 426 g/mol. The Balaban J connectivity index is 1.12. The van der Waals surface area contributed by atoms with Crippen molar-refractivity contribution in [2.75, 3.05) is 37.6 Å². The van der Waals surface area contributed by atoms with Gasteiger partial charge in [-0.1, -0.05) is 0 Å². The van der Waals surface area contributed by atoms with E-state index in [0.717, 1.165) is 68.6 Å². The van der Waals surface area contributed by atoms with Crippen LogP contribution in [0.1, 0.15) is 34.5 Å². The van der Waals surface area contributed by atoms with Gasteiger partial charge >= 0.3 is 0 Å². The number of aryl methyl sites for hydroxylation is 2. The highest BCUT2D eigenvalue weighted by Crippen LogP contribution is 2.26. The van der Waals surface area contributed by atoms with Crippen molar-refractivity contribution in [3.05, 3.63) is 65.5 Å². The number of primary amides is 1. The van der Waals surface area contributed by atoms with Crippen molar-refractivity contribution < 1.29 is 9.21 Å². The lowest BCUT2D eigenvalue weighted by molar-refractivity contribution is 0.0976. The van der Waals surface area contributed by atoms with Gasteiger partial charge in [0.15, 0.2) is 5.76 Å². The third-order valence-corrected chi connectivity index (χ3v) is 6.85. The fourth-order valence-electron chi connectivity index (χ4n) is 4.97. The molecule has 1 saturated heterocycles. The minimum absolute atomic E-state index is 0.200. The summed E-state index contributed by atoms with van der Waals surface area (Å²) in [7, 11) is 2.07. The smallest absolute Gasteiger partial charge is 0.284 e. The molecule has 0 aliphatic carbocycles. The van der Waals surface area contributed by atoms with Crippen molar-refractivity contribution in [2.45, 2.75) is 19.3 Å². The maximum absolute atomic E-state index is 11.4. The van der Waals surface area contributed by atoms with Gasteiger partial charge in [0.1, 0.15) is 5.58 Å². The molecule has 2 N–H and O–H groups in total. The number of hydrogen-bond donors (Lipinski definition) is 1. The monoisotopic (exact) mass is 455 g/mol. The first-order valence-electron chi connectivity index (χ1n) is 11.8. The van der Waals surface area contributed by atoms with Crippen LogP contribution < -0.4 is 10.6 Å². The van der Waals surface area contributed by atoms with Crippen LogP contribution in [0.2, 0.25) is 0 Å². The summed E-state index contributed by atoms with van der Waals surface area (Å²) in [6.07, 6.45) is 5.53. The average molecular weight is 456 g/mol. The van der Waals surface area contributed by atoms with E-state index in [0.29, 0.717) is 5.58 Å². The Morgan fingerprint density at radius 2 is 1.91 bits per heavy atom. The maximum Gasteiger partial charge on any atom is 0.284 e. The van der Waals surface area contributed by atoms with E-state index in [-0.39, 0.29) is 5.76 Å². The Morgan fingerprint density at radius 1 is 1.09 bits per heavy atom. The number of hydrogen-bond acceptors (Lipinski definition) is 5. The van der Waals surface area contributed by atoms with Crippen LogP contribution in [0.15, 0.2) is 53.1 Å². The lowest BCUT2D eigenvalue weighted by Gasteiger charge is -2.36. The number of anilines is 1. The molecule has 0 unspecified atom stereocenters. The van der Waals surface area contributed by atoms with Gasteiger partial charge in [-0.2, -0.15) is 5.26 Å². The highest BCUT2D eigenvalue weighted by molar-refractivity contribution is 5.95. The molecule has 1 fully saturated rings. The summed E-state index contributed by atoms with van der Waals surface area (Å²) in [6.45, 7) is 5.13. The number of benzene rings is 2. The van der Waals surface area contributed by atoms with E-state index in [1.54, 1.807) is 6.07 Å². The number of carbonyl (C=O) groups excluding carboxylic acids is 1. The summed E-state index contributed by atoms with van der Waals surface area (Å²) in [5.41, 5.74) is 10.4. The van der Waals surface area contributed by atoms with Gasteiger partial charge in [0.05, 0.1) is 11.6 Å². The number of nitrogens with two attached hydrogens (primary N) is 1. The number of piperazine rings is 1. The third kappa shape index (κ3) is 4.37. The number of aromatic nitrogens is 1. The molecule has 174 valence electrons. The fourth-order valence-corrected chi connectivity index (χ4v) is 4.97. The molecular formula is C27H29N5O2. The molecule has 0 radical (unpaired) electrons. The van der Waals surface area contributed by atoms with E-state index < -0.39 is 5.91 Å². The van der Waals surface area contributed by atoms with Gasteiger partial charge in [-0.05, 0) is 73.8 Å². The van der Waals surface area contributed by atoms with Gasteiger partial charge in [0.25, 0.3) is 5.91 Å². The van der Waals surface area contributed by atoms with Crippen LogP contribution in [0.4, 0.5) is 5.69 Å². The first-order valence-corrected chi connectivity index (χ1v) is 11.8. The molecule has 1 aliphatic heterocycles. The van der Waals surface area contributed by atoms with Crippen molar-refractivity contribution in [3.8, 4) is 6.07 Å². The SMILES string of the molecule is Cn1cc(CCCCN2CCN(c3ccc4oc(C(N)=O)cc4c3)CC2)c2cc(C#N)ccc21. The summed E-state index contributed by atoms with van der Waals surface area (Å²) in [5, 5.41) is 11.3. The second kappa shape index (κ2) is 9.24. The lowest BCUT2D eigenvalue weighted by atomic mass is 10.0. The van der Waals surface area contributed by atoms with E-state index in [4.69, 9.17) is 10.2 Å². The van der Waals surface area contributed by atoms with Crippen LogP contribution in [0, 0.1) is 11.3 Å². The van der Waals surface area contributed by atoms with Gasteiger partial charge in [-0.25, -0.2) is 0 Å². The first kappa shape index (κ1) is 22.1. The molecule has 0 atom stereocenters. The Labute approximate surface area is 198 Å². The van der Waals surface area contributed by atoms with E-state index in [1.807, 2.05) is 30.3 Å². The number of amides is 1. The summed E-state index contributed by atoms with van der Waals surface area (Å²) >= 11 is 0. The molecule has 0 spiro atoms. The van der Waals surface area contributed by atoms with Crippen LogP contribution in [-0.4, -0.2) is 48.1 Å². The summed E-state index contributed by atoms with van der Waals surface area (Å²) in [4.78, 5) is 16.3. The van der Waals surface area contributed by atoms with Crippen LogP contribution in [0.5, 0.6) is 0 Å². The van der Waals surface area contributed by atoms with Crippen LogP contribution in [0.3, 0.4) is 0 Å². The van der Waals surface area contributed by atoms with Crippen LogP contribution in [0.25, 0.3) is 21.9 Å². The Hall–Kier alpha value is -3.76. The summed E-state index contributed by atoms with van der Waals surface area (Å²) in [6, 6.07) is 15.9. The first-order chi connectivity index (χ1) is 16.5. The highest BCUT2D eigenvalue weighted by atomic mass is 16.3. The van der Waals surface area contributed by atoms with Crippen LogP contribution in [-0.2, 0) is 13.5 Å².